The van der Waals surface area contributed by atoms with Crippen molar-refractivity contribution in [2.45, 2.75) is 264 Å². The van der Waals surface area contributed by atoms with Crippen molar-refractivity contribution < 1.29 is 28.6 Å². The van der Waals surface area contributed by atoms with Crippen LogP contribution in [-0.2, 0) is 28.6 Å². The molecule has 0 amide bonds. The predicted molar refractivity (Wildman–Crippen MR) is 284 cm³/mol. The van der Waals surface area contributed by atoms with Crippen LogP contribution >= 0.6 is 0 Å². The van der Waals surface area contributed by atoms with E-state index in [1.807, 2.05) is 0 Å². The summed E-state index contributed by atoms with van der Waals surface area (Å²) < 4.78 is 16.8. The molecule has 0 bridgehead atoms. The summed E-state index contributed by atoms with van der Waals surface area (Å²) in [5.74, 6) is -0.917. The fourth-order valence-corrected chi connectivity index (χ4v) is 7.49. The monoisotopic (exact) mass is 919 g/mol. The maximum absolute atomic E-state index is 12.8. The minimum atomic E-state index is -0.790. The van der Waals surface area contributed by atoms with E-state index < -0.39 is 6.10 Å². The third kappa shape index (κ3) is 51.6. The van der Waals surface area contributed by atoms with Gasteiger partial charge in [-0.2, -0.15) is 0 Å². The minimum Gasteiger partial charge on any atom is -0.462 e. The summed E-state index contributed by atoms with van der Waals surface area (Å²) in [7, 11) is 0. The fourth-order valence-electron chi connectivity index (χ4n) is 7.49. The Labute approximate surface area is 407 Å². The van der Waals surface area contributed by atoms with Crippen molar-refractivity contribution in [1.82, 2.24) is 0 Å². The standard InChI is InChI=1S/C60H102O6/c1-4-7-10-13-16-19-22-25-27-28-29-30-31-32-33-36-38-41-44-47-50-53-59(62)65-56-57(55-64-58(61)52-49-46-43-40-37-34-24-21-18-15-12-9-6-3)66-60(63)54-51-48-45-42-39-35-26-23-20-17-14-11-8-5-2/h7,10,14,16-17,19,23,25-27,29-30,32-33,57H,4-6,8-9,11-13,15,18,20-22,24,28,31,34-56H2,1-3H3/b10-7-,17-14-,19-16-,26-23-,27-25-,30-29-,33-32-. The molecule has 0 heterocycles. The molecule has 0 aliphatic carbocycles. The molecule has 1 unspecified atom stereocenters. The summed E-state index contributed by atoms with van der Waals surface area (Å²) in [4.78, 5) is 38.1. The van der Waals surface area contributed by atoms with Crippen LogP contribution in [-0.4, -0.2) is 37.2 Å². The second-order valence-corrected chi connectivity index (χ2v) is 18.1. The van der Waals surface area contributed by atoms with Gasteiger partial charge in [0.15, 0.2) is 6.10 Å². The highest BCUT2D eigenvalue weighted by atomic mass is 16.6. The Morgan fingerprint density at radius 2 is 0.606 bits per heavy atom. The van der Waals surface area contributed by atoms with Crippen molar-refractivity contribution >= 4 is 17.9 Å². The number of allylic oxidation sites excluding steroid dienone is 14. The van der Waals surface area contributed by atoms with Crippen LogP contribution in [0.2, 0.25) is 0 Å². The minimum absolute atomic E-state index is 0.0871. The Kier molecular flexibility index (Phi) is 51.4. The van der Waals surface area contributed by atoms with Crippen LogP contribution < -0.4 is 0 Å². The molecule has 0 fully saturated rings. The molecule has 0 aliphatic rings. The first-order valence-corrected chi connectivity index (χ1v) is 27.6. The maximum Gasteiger partial charge on any atom is 0.306 e. The summed E-state index contributed by atoms with van der Waals surface area (Å²) in [6, 6.07) is 0. The van der Waals surface area contributed by atoms with Crippen molar-refractivity contribution in [3.05, 3.63) is 85.1 Å². The first kappa shape index (κ1) is 62.6. The molecule has 0 spiro atoms. The zero-order chi connectivity index (χ0) is 47.9. The quantitative estimate of drug-likeness (QED) is 0.0262. The highest BCUT2D eigenvalue weighted by Crippen LogP contribution is 2.15. The Morgan fingerprint density at radius 1 is 0.318 bits per heavy atom. The fraction of sp³-hybridized carbons (Fsp3) is 0.717. The zero-order valence-corrected chi connectivity index (χ0v) is 43.2. The average molecular weight is 919 g/mol. The molecule has 378 valence electrons. The molecule has 0 aromatic rings. The van der Waals surface area contributed by atoms with E-state index in [1.54, 1.807) is 0 Å². The van der Waals surface area contributed by atoms with Gasteiger partial charge in [0.05, 0.1) is 0 Å². The lowest BCUT2D eigenvalue weighted by Gasteiger charge is -2.18. The molecule has 66 heavy (non-hydrogen) atoms. The van der Waals surface area contributed by atoms with E-state index in [-0.39, 0.29) is 31.1 Å². The number of carbonyl (C=O) groups is 3. The van der Waals surface area contributed by atoms with Crippen LogP contribution in [0.15, 0.2) is 85.1 Å². The van der Waals surface area contributed by atoms with Gasteiger partial charge in [-0.15, -0.1) is 0 Å². The summed E-state index contributed by atoms with van der Waals surface area (Å²) in [5.41, 5.74) is 0. The lowest BCUT2D eigenvalue weighted by atomic mass is 10.0. The van der Waals surface area contributed by atoms with E-state index in [0.717, 1.165) is 135 Å². The number of rotatable bonds is 49. The largest absolute Gasteiger partial charge is 0.462 e. The van der Waals surface area contributed by atoms with E-state index in [1.165, 1.54) is 83.5 Å². The Bertz CT molecular complexity index is 1290. The highest BCUT2D eigenvalue weighted by molar-refractivity contribution is 5.71. The second kappa shape index (κ2) is 54.2. The molecular weight excluding hydrogens is 817 g/mol. The Balaban J connectivity index is 4.41. The number of ether oxygens (including phenoxy) is 3. The van der Waals surface area contributed by atoms with Crippen LogP contribution in [0.5, 0.6) is 0 Å². The van der Waals surface area contributed by atoms with Crippen LogP contribution in [0.4, 0.5) is 0 Å². The first-order chi connectivity index (χ1) is 32.5. The van der Waals surface area contributed by atoms with Gasteiger partial charge < -0.3 is 14.2 Å². The third-order valence-electron chi connectivity index (χ3n) is 11.6. The van der Waals surface area contributed by atoms with Gasteiger partial charge in [-0.05, 0) is 89.9 Å². The summed E-state index contributed by atoms with van der Waals surface area (Å²) in [5, 5.41) is 0. The summed E-state index contributed by atoms with van der Waals surface area (Å²) in [6.07, 6.45) is 69.9. The molecule has 0 radical (unpaired) electrons. The van der Waals surface area contributed by atoms with E-state index >= 15 is 0 Å². The molecule has 0 aromatic carbocycles. The second-order valence-electron chi connectivity index (χ2n) is 18.1. The molecule has 0 N–H and O–H groups in total. The van der Waals surface area contributed by atoms with Crippen LogP contribution in [0.1, 0.15) is 258 Å². The first-order valence-electron chi connectivity index (χ1n) is 27.6. The van der Waals surface area contributed by atoms with Gasteiger partial charge in [-0.3, -0.25) is 14.4 Å². The topological polar surface area (TPSA) is 78.9 Å². The Morgan fingerprint density at radius 3 is 0.970 bits per heavy atom. The van der Waals surface area contributed by atoms with Crippen molar-refractivity contribution in [2.75, 3.05) is 13.2 Å². The summed E-state index contributed by atoms with van der Waals surface area (Å²) >= 11 is 0. The highest BCUT2D eigenvalue weighted by Gasteiger charge is 2.19. The number of hydrogen-bond acceptors (Lipinski definition) is 6. The zero-order valence-electron chi connectivity index (χ0n) is 43.2. The van der Waals surface area contributed by atoms with E-state index in [2.05, 4.69) is 106 Å². The molecule has 0 aliphatic heterocycles. The number of carbonyl (C=O) groups excluding carboxylic acids is 3. The molecule has 1 atom stereocenters. The van der Waals surface area contributed by atoms with Crippen LogP contribution in [0, 0.1) is 0 Å². The van der Waals surface area contributed by atoms with Crippen molar-refractivity contribution in [1.29, 1.82) is 0 Å². The number of hydrogen-bond donors (Lipinski definition) is 0. The van der Waals surface area contributed by atoms with E-state index in [0.29, 0.717) is 19.3 Å². The molecule has 0 saturated carbocycles. The van der Waals surface area contributed by atoms with Gasteiger partial charge in [-0.25, -0.2) is 0 Å². The normalized spacial score (nSPS) is 12.7. The smallest absolute Gasteiger partial charge is 0.306 e. The lowest BCUT2D eigenvalue weighted by molar-refractivity contribution is -0.167. The molecule has 0 rings (SSSR count). The summed E-state index contributed by atoms with van der Waals surface area (Å²) in [6.45, 7) is 6.46. The molecule has 0 aromatic heterocycles. The van der Waals surface area contributed by atoms with Gasteiger partial charge >= 0.3 is 17.9 Å². The molecular formula is C60H102O6. The van der Waals surface area contributed by atoms with E-state index in [4.69, 9.17) is 14.2 Å². The lowest BCUT2D eigenvalue weighted by Crippen LogP contribution is -2.30. The maximum atomic E-state index is 12.8. The van der Waals surface area contributed by atoms with Crippen molar-refractivity contribution in [2.24, 2.45) is 0 Å². The Hall–Kier alpha value is -3.41. The predicted octanol–water partition coefficient (Wildman–Crippen LogP) is 18.4. The number of esters is 3. The van der Waals surface area contributed by atoms with Crippen molar-refractivity contribution in [3.63, 3.8) is 0 Å². The molecule has 6 nitrogen and oxygen atoms in total. The van der Waals surface area contributed by atoms with E-state index in [9.17, 15) is 14.4 Å². The van der Waals surface area contributed by atoms with Gasteiger partial charge in [0.25, 0.3) is 0 Å². The third-order valence-corrected chi connectivity index (χ3v) is 11.6. The molecule has 0 saturated heterocycles. The van der Waals surface area contributed by atoms with Gasteiger partial charge in [0, 0.05) is 19.3 Å². The van der Waals surface area contributed by atoms with Crippen LogP contribution in [0.25, 0.3) is 0 Å². The van der Waals surface area contributed by atoms with Gasteiger partial charge in [0.2, 0.25) is 0 Å². The van der Waals surface area contributed by atoms with Crippen LogP contribution in [0.3, 0.4) is 0 Å². The average Bonchev–Trinajstić information content (AvgIpc) is 3.31. The SMILES string of the molecule is CC/C=C\C/C=C\C/C=C\C/C=C\C/C=C\CCCCCCCC(=O)OCC(COC(=O)CCCCCCCCCCCCCCC)OC(=O)CCCCCCC/C=C\C/C=C\CCCC. The number of unbranched alkanes of at least 4 members (excludes halogenated alkanes) is 24. The van der Waals surface area contributed by atoms with Gasteiger partial charge in [-0.1, -0.05) is 234 Å². The van der Waals surface area contributed by atoms with Crippen molar-refractivity contribution in [3.8, 4) is 0 Å². The van der Waals surface area contributed by atoms with Gasteiger partial charge in [0.1, 0.15) is 13.2 Å². The molecule has 6 heteroatoms.